The Morgan fingerprint density at radius 3 is 2.65 bits per heavy atom. The van der Waals surface area contributed by atoms with E-state index in [1.165, 1.54) is 13.0 Å². The topological polar surface area (TPSA) is 178 Å². The van der Waals surface area contributed by atoms with Crippen LogP contribution in [0.3, 0.4) is 0 Å². The number of aromatic nitrogens is 1. The number of pyridine rings is 1. The SMILES string of the molecule is CN=C(N)N[C@@H]1CCC[C@H](Oc2cc(CC[C@H]3C[C@@H](OC(C)=O)C[C@@H](c4cc(O)c(O)c(OCCc5cccnc5)c4)O3)ccc2O)C1. The zero-order valence-electron chi connectivity index (χ0n) is 27.5. The van der Waals surface area contributed by atoms with Crippen molar-refractivity contribution < 1.29 is 39.1 Å². The summed E-state index contributed by atoms with van der Waals surface area (Å²) in [4.78, 5) is 20.0. The van der Waals surface area contributed by atoms with E-state index in [0.29, 0.717) is 49.4 Å². The lowest BCUT2D eigenvalue weighted by Crippen LogP contribution is -2.44. The van der Waals surface area contributed by atoms with Crippen LogP contribution in [-0.2, 0) is 27.1 Å². The van der Waals surface area contributed by atoms with Gasteiger partial charge in [-0.1, -0.05) is 12.1 Å². The second kappa shape index (κ2) is 16.4. The van der Waals surface area contributed by atoms with Gasteiger partial charge in [0.15, 0.2) is 29.0 Å². The first-order chi connectivity index (χ1) is 23.2. The highest BCUT2D eigenvalue weighted by Crippen LogP contribution is 2.43. The normalized spacial score (nSPS) is 22.9. The smallest absolute Gasteiger partial charge is 0.302 e. The monoisotopic (exact) mass is 662 g/mol. The van der Waals surface area contributed by atoms with E-state index in [-0.39, 0.29) is 53.8 Å². The maximum absolute atomic E-state index is 11.9. The third-order valence-corrected chi connectivity index (χ3v) is 8.80. The zero-order valence-corrected chi connectivity index (χ0v) is 27.5. The number of aliphatic imine (C=N–C) groups is 1. The molecule has 0 amide bonds. The summed E-state index contributed by atoms with van der Waals surface area (Å²) in [5.74, 6) is 0.0146. The summed E-state index contributed by atoms with van der Waals surface area (Å²) in [6.45, 7) is 1.65. The molecule has 2 aromatic carbocycles. The van der Waals surface area contributed by atoms with E-state index in [4.69, 9.17) is 24.7 Å². The molecule has 258 valence electrons. The number of hydrogen-bond acceptors (Lipinski definition) is 10. The van der Waals surface area contributed by atoms with Crippen LogP contribution in [0.2, 0.25) is 0 Å². The van der Waals surface area contributed by atoms with Crippen LogP contribution < -0.4 is 20.5 Å². The van der Waals surface area contributed by atoms with Crippen molar-refractivity contribution in [3.8, 4) is 28.7 Å². The molecule has 0 unspecified atom stereocenters. The van der Waals surface area contributed by atoms with Crippen LogP contribution in [0.4, 0.5) is 0 Å². The van der Waals surface area contributed by atoms with Crippen LogP contribution >= 0.6 is 0 Å². The van der Waals surface area contributed by atoms with Gasteiger partial charge in [-0.25, -0.2) is 0 Å². The number of nitrogens with two attached hydrogens (primary N) is 1. The summed E-state index contributed by atoms with van der Waals surface area (Å²) in [6.07, 6.45) is 8.48. The van der Waals surface area contributed by atoms with Crippen molar-refractivity contribution >= 4 is 11.9 Å². The molecule has 1 saturated heterocycles. The highest BCUT2D eigenvalue weighted by molar-refractivity contribution is 5.77. The first-order valence-electron chi connectivity index (χ1n) is 16.5. The number of ether oxygens (including phenoxy) is 4. The Kier molecular flexibility index (Phi) is 11.8. The zero-order chi connectivity index (χ0) is 34.0. The molecule has 2 fully saturated rings. The van der Waals surface area contributed by atoms with Gasteiger partial charge in [0.2, 0.25) is 5.75 Å². The molecule has 1 aliphatic carbocycles. The molecule has 12 heteroatoms. The molecule has 2 aliphatic rings. The first-order valence-corrected chi connectivity index (χ1v) is 16.5. The van der Waals surface area contributed by atoms with E-state index in [1.54, 1.807) is 31.6 Å². The summed E-state index contributed by atoms with van der Waals surface area (Å²) in [7, 11) is 1.65. The molecule has 3 aromatic rings. The Morgan fingerprint density at radius 1 is 1.02 bits per heavy atom. The molecule has 5 atom stereocenters. The summed E-state index contributed by atoms with van der Waals surface area (Å²) in [6, 6.07) is 12.4. The molecule has 1 aromatic heterocycles. The number of aromatic hydroxyl groups is 3. The molecule has 2 heterocycles. The van der Waals surface area contributed by atoms with E-state index in [0.717, 1.165) is 36.8 Å². The van der Waals surface area contributed by atoms with Gasteiger partial charge in [0, 0.05) is 58.1 Å². The minimum Gasteiger partial charge on any atom is -0.504 e. The number of benzene rings is 2. The molecule has 48 heavy (non-hydrogen) atoms. The number of nitrogens with zero attached hydrogens (tertiary/aromatic N) is 2. The molecule has 6 N–H and O–H groups in total. The summed E-state index contributed by atoms with van der Waals surface area (Å²) >= 11 is 0. The quantitative estimate of drug-likeness (QED) is 0.0777. The van der Waals surface area contributed by atoms with Crippen molar-refractivity contribution in [1.29, 1.82) is 0 Å². The third kappa shape index (κ3) is 9.66. The number of esters is 1. The van der Waals surface area contributed by atoms with Gasteiger partial charge in [-0.15, -0.1) is 0 Å². The summed E-state index contributed by atoms with van der Waals surface area (Å²) in [5, 5.41) is 34.9. The lowest BCUT2D eigenvalue weighted by molar-refractivity contribution is -0.160. The van der Waals surface area contributed by atoms with Gasteiger partial charge in [0.25, 0.3) is 0 Å². The van der Waals surface area contributed by atoms with Crippen LogP contribution in [0, 0.1) is 0 Å². The minimum absolute atomic E-state index is 0.0695. The number of guanidine groups is 1. The molecular weight excluding hydrogens is 616 g/mol. The number of phenols is 3. The van der Waals surface area contributed by atoms with Crippen LogP contribution in [0.15, 0.2) is 59.9 Å². The molecule has 5 rings (SSSR count). The Balaban J connectivity index is 1.24. The molecule has 0 spiro atoms. The maximum atomic E-state index is 11.9. The first kappa shape index (κ1) is 34.6. The van der Waals surface area contributed by atoms with E-state index in [9.17, 15) is 20.1 Å². The molecule has 1 aliphatic heterocycles. The van der Waals surface area contributed by atoms with Gasteiger partial charge in [-0.3, -0.25) is 14.8 Å². The lowest BCUT2D eigenvalue weighted by atomic mass is 9.92. The Labute approximate surface area is 280 Å². The van der Waals surface area contributed by atoms with E-state index >= 15 is 0 Å². The van der Waals surface area contributed by atoms with Crippen LogP contribution in [-0.4, -0.2) is 70.2 Å². The van der Waals surface area contributed by atoms with Gasteiger partial charge in [0.1, 0.15) is 12.2 Å². The number of carbonyl (C=O) groups is 1. The Hall–Kier alpha value is -4.71. The van der Waals surface area contributed by atoms with Crippen LogP contribution in [0.5, 0.6) is 28.7 Å². The van der Waals surface area contributed by atoms with Gasteiger partial charge in [-0.2, -0.15) is 0 Å². The van der Waals surface area contributed by atoms with Crippen molar-refractivity contribution in [2.75, 3.05) is 13.7 Å². The van der Waals surface area contributed by atoms with Crippen molar-refractivity contribution in [1.82, 2.24) is 10.3 Å². The van der Waals surface area contributed by atoms with Crippen LogP contribution in [0.25, 0.3) is 0 Å². The van der Waals surface area contributed by atoms with Gasteiger partial charge in [-0.05, 0) is 79.1 Å². The number of nitrogens with one attached hydrogen (secondary N) is 1. The predicted octanol–water partition coefficient (Wildman–Crippen LogP) is 4.83. The molecule has 1 saturated carbocycles. The number of rotatable bonds is 12. The average Bonchev–Trinajstić information content (AvgIpc) is 3.07. The van der Waals surface area contributed by atoms with Crippen molar-refractivity contribution in [3.63, 3.8) is 0 Å². The lowest BCUT2D eigenvalue weighted by Gasteiger charge is -2.35. The third-order valence-electron chi connectivity index (χ3n) is 8.80. The average molecular weight is 663 g/mol. The van der Waals surface area contributed by atoms with E-state index < -0.39 is 12.2 Å². The van der Waals surface area contributed by atoms with Crippen molar-refractivity contribution in [2.45, 2.75) is 95.2 Å². The number of carbonyl (C=O) groups excluding carboxylic acids is 1. The number of phenolic OH excluding ortho intramolecular Hbond substituents is 3. The van der Waals surface area contributed by atoms with Gasteiger partial charge < -0.3 is 45.3 Å². The fraction of sp³-hybridized carbons (Fsp3) is 0.472. The molecule has 0 radical (unpaired) electrons. The van der Waals surface area contributed by atoms with Crippen LogP contribution in [0.1, 0.15) is 74.7 Å². The minimum atomic E-state index is -0.515. The molecule has 12 nitrogen and oxygen atoms in total. The Morgan fingerprint density at radius 2 is 1.88 bits per heavy atom. The summed E-state index contributed by atoms with van der Waals surface area (Å²) in [5.41, 5.74) is 8.42. The highest BCUT2D eigenvalue weighted by atomic mass is 16.6. The number of aryl methyl sites for hydroxylation is 1. The van der Waals surface area contributed by atoms with E-state index in [1.807, 2.05) is 24.3 Å². The van der Waals surface area contributed by atoms with E-state index in [2.05, 4.69) is 15.3 Å². The molecule has 0 bridgehead atoms. The highest BCUT2D eigenvalue weighted by Gasteiger charge is 2.33. The fourth-order valence-corrected chi connectivity index (χ4v) is 6.41. The van der Waals surface area contributed by atoms with Crippen molar-refractivity contribution in [2.24, 2.45) is 10.7 Å². The second-order valence-corrected chi connectivity index (χ2v) is 12.5. The maximum Gasteiger partial charge on any atom is 0.302 e. The fourth-order valence-electron chi connectivity index (χ4n) is 6.41. The van der Waals surface area contributed by atoms with Gasteiger partial charge >= 0.3 is 5.97 Å². The predicted molar refractivity (Wildman–Crippen MR) is 179 cm³/mol. The largest absolute Gasteiger partial charge is 0.504 e. The standard InChI is InChI=1S/C36H46N4O8/c1-22(41)46-29-19-28(10-8-23-9-11-30(42)33(15-23)48-27-7-3-6-26(18-27)40-36(37)38-2)47-32(20-29)25-16-31(43)35(44)34(17-25)45-14-12-24-5-4-13-39-21-24/h4-5,9,11,13,15-17,21,26-29,32,42-44H,3,6-8,10,12,14,18-20H2,1-2H3,(H3,37,38,40)/t26-,27+,28+,29-,32+/m1/s1. The van der Waals surface area contributed by atoms with Gasteiger partial charge in [0.05, 0.1) is 18.8 Å². The van der Waals surface area contributed by atoms with Crippen molar-refractivity contribution in [3.05, 3.63) is 71.5 Å². The second-order valence-electron chi connectivity index (χ2n) is 12.5. The summed E-state index contributed by atoms with van der Waals surface area (Å²) < 4.78 is 24.3. The molecular formula is C36H46N4O8. The Bertz CT molecular complexity index is 1550. The number of hydrogen-bond donors (Lipinski definition) is 5.